The van der Waals surface area contributed by atoms with Crippen molar-refractivity contribution in [2.45, 2.75) is 44.8 Å². The second-order valence-corrected chi connectivity index (χ2v) is 7.07. The Bertz CT molecular complexity index is 882. The summed E-state index contributed by atoms with van der Waals surface area (Å²) >= 11 is 0. The van der Waals surface area contributed by atoms with Crippen LogP contribution < -0.4 is 5.73 Å². The molecule has 10 heteroatoms. The summed E-state index contributed by atoms with van der Waals surface area (Å²) in [7, 11) is 0. The Balaban J connectivity index is 1.71. The molecule has 0 unspecified atom stereocenters. The maximum Gasteiger partial charge on any atom is 0.309 e. The zero-order valence-corrected chi connectivity index (χ0v) is 14.8. The molecule has 1 aliphatic rings. The van der Waals surface area contributed by atoms with E-state index < -0.39 is 35.1 Å². The number of halogens is 4. The van der Waals surface area contributed by atoms with E-state index in [2.05, 4.69) is 10.2 Å². The second-order valence-electron chi connectivity index (χ2n) is 7.07. The van der Waals surface area contributed by atoms with E-state index in [0.717, 1.165) is 6.07 Å². The Labute approximate surface area is 153 Å². The molecule has 0 saturated carbocycles. The molecule has 2 heterocycles. The third-order valence-corrected chi connectivity index (χ3v) is 4.78. The predicted octanol–water partition coefficient (Wildman–Crippen LogP) is 1.87. The number of fused-ring (bicyclic) bond motifs is 1. The topological polar surface area (TPSA) is 77.0 Å². The van der Waals surface area contributed by atoms with E-state index in [1.54, 1.807) is 13.8 Å². The largest absolute Gasteiger partial charge is 0.328 e. The van der Waals surface area contributed by atoms with E-state index in [9.17, 15) is 22.4 Å². The molecular weight excluding hydrogens is 366 g/mol. The van der Waals surface area contributed by atoms with Gasteiger partial charge in [0.2, 0.25) is 5.91 Å². The van der Waals surface area contributed by atoms with Crippen LogP contribution >= 0.6 is 0 Å². The summed E-state index contributed by atoms with van der Waals surface area (Å²) in [6, 6.07) is 0.392. The SMILES string of the molecule is CC1(C)c2nnc(F)n2CCN1C(=O)C[C@H](N)Cc1cc(F)c(F)cc1F. The zero-order chi connectivity index (χ0) is 19.9. The predicted molar refractivity (Wildman–Crippen MR) is 87.3 cm³/mol. The standard InChI is InChI=1S/C17H19F4N5O/c1-17(2)15-23-24-16(21)25(15)3-4-26(17)14(27)7-10(22)5-9-6-12(19)13(20)8-11(9)18/h6,8,10H,3-5,7,22H2,1-2H3/t10-/m1/s1. The average Bonchev–Trinajstić information content (AvgIpc) is 2.95. The molecule has 1 aliphatic heterocycles. The van der Waals surface area contributed by atoms with Crippen LogP contribution in [0.4, 0.5) is 17.6 Å². The van der Waals surface area contributed by atoms with Crippen molar-refractivity contribution in [1.29, 1.82) is 0 Å². The van der Waals surface area contributed by atoms with Gasteiger partial charge in [-0.2, -0.15) is 4.39 Å². The van der Waals surface area contributed by atoms with E-state index in [1.165, 1.54) is 9.47 Å². The van der Waals surface area contributed by atoms with Crippen molar-refractivity contribution in [3.8, 4) is 0 Å². The number of amides is 1. The Morgan fingerprint density at radius 1 is 1.15 bits per heavy atom. The van der Waals surface area contributed by atoms with Gasteiger partial charge < -0.3 is 10.6 Å². The summed E-state index contributed by atoms with van der Waals surface area (Å²) in [6.45, 7) is 3.87. The highest BCUT2D eigenvalue weighted by Crippen LogP contribution is 2.31. The zero-order valence-electron chi connectivity index (χ0n) is 14.8. The van der Waals surface area contributed by atoms with Crippen LogP contribution in [0.3, 0.4) is 0 Å². The first-order valence-electron chi connectivity index (χ1n) is 8.40. The third kappa shape index (κ3) is 3.53. The minimum Gasteiger partial charge on any atom is -0.328 e. The Morgan fingerprint density at radius 3 is 2.52 bits per heavy atom. The molecule has 0 spiro atoms. The molecule has 0 fully saturated rings. The van der Waals surface area contributed by atoms with Gasteiger partial charge in [0.05, 0.1) is 5.54 Å². The lowest BCUT2D eigenvalue weighted by molar-refractivity contribution is -0.139. The summed E-state index contributed by atoms with van der Waals surface area (Å²) < 4.78 is 55.0. The van der Waals surface area contributed by atoms with Crippen LogP contribution in [0, 0.1) is 23.5 Å². The summed E-state index contributed by atoms with van der Waals surface area (Å²) in [4.78, 5) is 14.2. The van der Waals surface area contributed by atoms with Crippen molar-refractivity contribution in [3.05, 3.63) is 47.1 Å². The van der Waals surface area contributed by atoms with Gasteiger partial charge >= 0.3 is 6.08 Å². The van der Waals surface area contributed by atoms with Gasteiger partial charge in [-0.3, -0.25) is 9.36 Å². The normalized spacial score (nSPS) is 16.9. The quantitative estimate of drug-likeness (QED) is 0.644. The van der Waals surface area contributed by atoms with Gasteiger partial charge in [0.25, 0.3) is 0 Å². The van der Waals surface area contributed by atoms with Gasteiger partial charge in [-0.05, 0) is 31.9 Å². The van der Waals surface area contributed by atoms with Gasteiger partial charge in [-0.1, -0.05) is 5.10 Å². The summed E-state index contributed by atoms with van der Waals surface area (Å²) in [5.41, 5.74) is 4.93. The summed E-state index contributed by atoms with van der Waals surface area (Å²) in [5.74, 6) is -3.39. The molecule has 1 amide bonds. The first kappa shape index (κ1) is 19.3. The summed E-state index contributed by atoms with van der Waals surface area (Å²) in [6.07, 6.45) is -0.984. The Kier molecular flexibility index (Phi) is 4.94. The molecule has 0 saturated heterocycles. The number of hydrogen-bond donors (Lipinski definition) is 1. The monoisotopic (exact) mass is 385 g/mol. The van der Waals surface area contributed by atoms with Crippen LogP contribution in [-0.2, 0) is 23.3 Å². The molecule has 1 aromatic carbocycles. The number of nitrogens with zero attached hydrogens (tertiary/aromatic N) is 4. The van der Waals surface area contributed by atoms with Crippen LogP contribution in [0.1, 0.15) is 31.7 Å². The number of benzene rings is 1. The molecule has 1 atom stereocenters. The molecule has 2 aromatic rings. The number of aromatic nitrogens is 3. The van der Waals surface area contributed by atoms with Crippen LogP contribution in [0.15, 0.2) is 12.1 Å². The Morgan fingerprint density at radius 2 is 1.81 bits per heavy atom. The number of carbonyl (C=O) groups excluding carboxylic acids is 1. The fourth-order valence-electron chi connectivity index (χ4n) is 3.38. The smallest absolute Gasteiger partial charge is 0.309 e. The highest BCUT2D eigenvalue weighted by atomic mass is 19.2. The summed E-state index contributed by atoms with van der Waals surface area (Å²) in [5, 5.41) is 7.21. The van der Waals surface area contributed by atoms with Gasteiger partial charge in [0.1, 0.15) is 5.82 Å². The molecule has 146 valence electrons. The maximum atomic E-state index is 13.8. The van der Waals surface area contributed by atoms with Crippen molar-refractivity contribution in [3.63, 3.8) is 0 Å². The third-order valence-electron chi connectivity index (χ3n) is 4.78. The lowest BCUT2D eigenvalue weighted by Gasteiger charge is -2.42. The van der Waals surface area contributed by atoms with Crippen molar-refractivity contribution in [2.24, 2.45) is 5.73 Å². The number of rotatable bonds is 4. The fourth-order valence-corrected chi connectivity index (χ4v) is 3.38. The van der Waals surface area contributed by atoms with E-state index in [1.807, 2.05) is 0 Å². The van der Waals surface area contributed by atoms with Gasteiger partial charge in [0, 0.05) is 31.6 Å². The van der Waals surface area contributed by atoms with Crippen molar-refractivity contribution in [1.82, 2.24) is 19.7 Å². The molecule has 0 aliphatic carbocycles. The number of carbonyl (C=O) groups is 1. The van der Waals surface area contributed by atoms with Crippen molar-refractivity contribution < 1.29 is 22.4 Å². The van der Waals surface area contributed by atoms with Crippen molar-refractivity contribution in [2.75, 3.05) is 6.54 Å². The van der Waals surface area contributed by atoms with E-state index in [-0.39, 0.29) is 37.4 Å². The Hall–Kier alpha value is -2.49. The number of nitrogens with two attached hydrogens (primary N) is 1. The fraction of sp³-hybridized carbons (Fsp3) is 0.471. The lowest BCUT2D eigenvalue weighted by Crippen LogP contribution is -2.53. The lowest BCUT2D eigenvalue weighted by atomic mass is 9.96. The van der Waals surface area contributed by atoms with Crippen molar-refractivity contribution >= 4 is 5.91 Å². The first-order valence-corrected chi connectivity index (χ1v) is 8.40. The van der Waals surface area contributed by atoms with E-state index in [4.69, 9.17) is 5.73 Å². The maximum absolute atomic E-state index is 13.8. The number of hydrogen-bond acceptors (Lipinski definition) is 4. The van der Waals surface area contributed by atoms with E-state index >= 15 is 0 Å². The molecule has 2 N–H and O–H groups in total. The van der Waals surface area contributed by atoms with Crippen LogP contribution in [0.25, 0.3) is 0 Å². The van der Waals surface area contributed by atoms with E-state index in [0.29, 0.717) is 11.9 Å². The highest BCUT2D eigenvalue weighted by Gasteiger charge is 2.41. The van der Waals surface area contributed by atoms with Gasteiger partial charge in [-0.25, -0.2) is 13.2 Å². The molecule has 3 rings (SSSR count). The first-order chi connectivity index (χ1) is 12.6. The second kappa shape index (κ2) is 6.91. The average molecular weight is 385 g/mol. The minimum absolute atomic E-state index is 0.103. The van der Waals surface area contributed by atoms with Crippen LogP contribution in [-0.4, -0.2) is 38.2 Å². The van der Waals surface area contributed by atoms with Gasteiger partial charge in [0.15, 0.2) is 17.5 Å². The molecule has 0 radical (unpaired) electrons. The molecule has 1 aromatic heterocycles. The molecule has 0 bridgehead atoms. The highest BCUT2D eigenvalue weighted by molar-refractivity contribution is 5.78. The minimum atomic E-state index is -1.28. The van der Waals surface area contributed by atoms with Crippen LogP contribution in [0.2, 0.25) is 0 Å². The molecule has 27 heavy (non-hydrogen) atoms. The van der Waals surface area contributed by atoms with Crippen LogP contribution in [0.5, 0.6) is 0 Å². The molecule has 6 nitrogen and oxygen atoms in total. The molecular formula is C17H19F4N5O. The van der Waals surface area contributed by atoms with Gasteiger partial charge in [-0.15, -0.1) is 5.10 Å².